The lowest BCUT2D eigenvalue weighted by Crippen LogP contribution is -2.29. The van der Waals surface area contributed by atoms with Gasteiger partial charge in [-0.1, -0.05) is 11.2 Å². The first-order valence-corrected chi connectivity index (χ1v) is 6.65. The van der Waals surface area contributed by atoms with E-state index < -0.39 is 0 Å². The molecule has 0 aliphatic heterocycles. The Balaban J connectivity index is 2.01. The highest BCUT2D eigenvalue weighted by atomic mass is 32.1. The summed E-state index contributed by atoms with van der Waals surface area (Å²) in [5.41, 5.74) is 0.806. The molecule has 6 heteroatoms. The van der Waals surface area contributed by atoms with Crippen LogP contribution in [-0.4, -0.2) is 46.6 Å². The van der Waals surface area contributed by atoms with Gasteiger partial charge in [-0.05, 0) is 11.4 Å². The van der Waals surface area contributed by atoms with Crippen molar-refractivity contribution in [2.75, 3.05) is 26.3 Å². The molecular formula is C12H16N2O3S. The van der Waals surface area contributed by atoms with Crippen molar-refractivity contribution >= 4 is 11.3 Å². The third-order valence-electron chi connectivity index (χ3n) is 2.54. The highest BCUT2D eigenvalue weighted by Crippen LogP contribution is 2.25. The van der Waals surface area contributed by atoms with Gasteiger partial charge in [0.15, 0.2) is 5.76 Å². The predicted octanol–water partition coefficient (Wildman–Crippen LogP) is 1.19. The molecule has 98 valence electrons. The van der Waals surface area contributed by atoms with Crippen LogP contribution in [0.15, 0.2) is 28.1 Å². The van der Waals surface area contributed by atoms with Crippen molar-refractivity contribution in [1.29, 1.82) is 0 Å². The molecule has 2 heterocycles. The summed E-state index contributed by atoms with van der Waals surface area (Å²) < 4.78 is 5.27. The van der Waals surface area contributed by atoms with E-state index >= 15 is 0 Å². The van der Waals surface area contributed by atoms with E-state index in [2.05, 4.69) is 5.16 Å². The van der Waals surface area contributed by atoms with Crippen LogP contribution in [-0.2, 0) is 6.54 Å². The van der Waals surface area contributed by atoms with Gasteiger partial charge in [-0.25, -0.2) is 0 Å². The second kappa shape index (κ2) is 6.65. The number of nitrogens with zero attached hydrogens (tertiary/aromatic N) is 2. The molecule has 0 spiro atoms. The first-order chi connectivity index (χ1) is 8.83. The standard InChI is InChI=1S/C12H16N2O3S/c15-5-3-14(4-6-16)9-10-8-11(17-13-10)12-2-1-7-18-12/h1-2,7-8,15-16H,3-6,9H2. The number of thiophene rings is 1. The first kappa shape index (κ1) is 13.2. The van der Waals surface area contributed by atoms with Gasteiger partial charge in [0.1, 0.15) is 0 Å². The van der Waals surface area contributed by atoms with Gasteiger partial charge in [0, 0.05) is 25.7 Å². The summed E-state index contributed by atoms with van der Waals surface area (Å²) in [6, 6.07) is 5.84. The predicted molar refractivity (Wildman–Crippen MR) is 69.3 cm³/mol. The maximum Gasteiger partial charge on any atom is 0.177 e. The lowest BCUT2D eigenvalue weighted by atomic mass is 10.3. The summed E-state index contributed by atoms with van der Waals surface area (Å²) >= 11 is 1.60. The van der Waals surface area contributed by atoms with E-state index in [0.717, 1.165) is 16.3 Å². The third kappa shape index (κ3) is 3.39. The van der Waals surface area contributed by atoms with E-state index in [1.807, 2.05) is 28.5 Å². The molecule has 0 saturated heterocycles. The number of aromatic nitrogens is 1. The Hall–Kier alpha value is -1.21. The molecule has 0 unspecified atom stereocenters. The van der Waals surface area contributed by atoms with Gasteiger partial charge >= 0.3 is 0 Å². The van der Waals surface area contributed by atoms with E-state index in [-0.39, 0.29) is 13.2 Å². The van der Waals surface area contributed by atoms with Crippen molar-refractivity contribution < 1.29 is 14.7 Å². The Labute approximate surface area is 109 Å². The van der Waals surface area contributed by atoms with Crippen molar-refractivity contribution in [2.45, 2.75) is 6.54 Å². The molecule has 0 fully saturated rings. The van der Waals surface area contributed by atoms with Gasteiger partial charge in [-0.15, -0.1) is 11.3 Å². The lowest BCUT2D eigenvalue weighted by molar-refractivity contribution is 0.153. The Morgan fingerprint density at radius 2 is 2.06 bits per heavy atom. The quantitative estimate of drug-likeness (QED) is 0.789. The largest absolute Gasteiger partial charge is 0.395 e. The summed E-state index contributed by atoms with van der Waals surface area (Å²) in [6.45, 7) is 1.73. The molecule has 2 rings (SSSR count). The molecule has 0 aromatic carbocycles. The van der Waals surface area contributed by atoms with Gasteiger partial charge in [0.25, 0.3) is 0 Å². The first-order valence-electron chi connectivity index (χ1n) is 5.77. The van der Waals surface area contributed by atoms with E-state index in [0.29, 0.717) is 19.6 Å². The Kier molecular flexibility index (Phi) is 4.89. The van der Waals surface area contributed by atoms with E-state index in [9.17, 15) is 0 Å². The molecule has 2 aromatic rings. The molecule has 0 radical (unpaired) electrons. The Bertz CT molecular complexity index is 450. The Morgan fingerprint density at radius 1 is 1.28 bits per heavy atom. The van der Waals surface area contributed by atoms with Crippen LogP contribution in [0.2, 0.25) is 0 Å². The number of hydrogen-bond acceptors (Lipinski definition) is 6. The summed E-state index contributed by atoms with van der Waals surface area (Å²) in [4.78, 5) is 2.97. The van der Waals surface area contributed by atoms with Crippen LogP contribution in [0, 0.1) is 0 Å². The van der Waals surface area contributed by atoms with Crippen molar-refractivity contribution in [3.8, 4) is 10.6 Å². The molecule has 0 saturated carbocycles. The van der Waals surface area contributed by atoms with Crippen LogP contribution in [0.25, 0.3) is 10.6 Å². The number of rotatable bonds is 7. The maximum atomic E-state index is 8.93. The SMILES string of the molecule is OCCN(CCO)Cc1cc(-c2cccs2)on1. The molecule has 0 aliphatic rings. The van der Waals surface area contributed by atoms with Crippen molar-refractivity contribution in [1.82, 2.24) is 10.1 Å². The average Bonchev–Trinajstić information content (AvgIpc) is 2.98. The van der Waals surface area contributed by atoms with Crippen LogP contribution in [0.1, 0.15) is 5.69 Å². The smallest absolute Gasteiger partial charge is 0.177 e. The minimum Gasteiger partial charge on any atom is -0.395 e. The van der Waals surface area contributed by atoms with Crippen molar-refractivity contribution in [3.05, 3.63) is 29.3 Å². The second-order valence-corrected chi connectivity index (χ2v) is 4.83. The van der Waals surface area contributed by atoms with E-state index in [4.69, 9.17) is 14.7 Å². The third-order valence-corrected chi connectivity index (χ3v) is 3.43. The molecule has 5 nitrogen and oxygen atoms in total. The summed E-state index contributed by atoms with van der Waals surface area (Å²) in [5.74, 6) is 0.757. The van der Waals surface area contributed by atoms with Gasteiger partial charge in [0.2, 0.25) is 0 Å². The topological polar surface area (TPSA) is 69.7 Å². The van der Waals surface area contributed by atoms with Crippen molar-refractivity contribution in [3.63, 3.8) is 0 Å². The molecular weight excluding hydrogens is 252 g/mol. The van der Waals surface area contributed by atoms with Gasteiger partial charge in [-0.3, -0.25) is 4.90 Å². The van der Waals surface area contributed by atoms with Crippen LogP contribution < -0.4 is 0 Å². The highest BCUT2D eigenvalue weighted by Gasteiger charge is 2.11. The number of aliphatic hydroxyl groups is 2. The molecule has 18 heavy (non-hydrogen) atoms. The zero-order chi connectivity index (χ0) is 12.8. The van der Waals surface area contributed by atoms with Gasteiger partial charge in [0.05, 0.1) is 23.8 Å². The zero-order valence-corrected chi connectivity index (χ0v) is 10.8. The fourth-order valence-corrected chi connectivity index (χ4v) is 2.38. The molecule has 0 amide bonds. The maximum absolute atomic E-state index is 8.93. The number of aliphatic hydroxyl groups excluding tert-OH is 2. The average molecular weight is 268 g/mol. The summed E-state index contributed by atoms with van der Waals surface area (Å²) in [5, 5.41) is 23.9. The minimum absolute atomic E-state index is 0.0651. The molecule has 0 atom stereocenters. The fourth-order valence-electron chi connectivity index (χ4n) is 1.70. The monoisotopic (exact) mass is 268 g/mol. The molecule has 0 bridgehead atoms. The molecule has 0 aliphatic carbocycles. The van der Waals surface area contributed by atoms with Gasteiger partial charge < -0.3 is 14.7 Å². The summed E-state index contributed by atoms with van der Waals surface area (Å²) in [6.07, 6.45) is 0. The highest BCUT2D eigenvalue weighted by molar-refractivity contribution is 7.13. The second-order valence-electron chi connectivity index (χ2n) is 3.88. The molecule has 2 aromatic heterocycles. The van der Waals surface area contributed by atoms with Crippen LogP contribution in [0.3, 0.4) is 0 Å². The summed E-state index contributed by atoms with van der Waals surface area (Å²) in [7, 11) is 0. The van der Waals surface area contributed by atoms with Crippen LogP contribution >= 0.6 is 11.3 Å². The van der Waals surface area contributed by atoms with Crippen molar-refractivity contribution in [2.24, 2.45) is 0 Å². The normalized spacial score (nSPS) is 11.3. The molecule has 2 N–H and O–H groups in total. The van der Waals surface area contributed by atoms with E-state index in [1.54, 1.807) is 11.3 Å². The number of hydrogen-bond donors (Lipinski definition) is 2. The van der Waals surface area contributed by atoms with Crippen LogP contribution in [0.5, 0.6) is 0 Å². The van der Waals surface area contributed by atoms with Gasteiger partial charge in [-0.2, -0.15) is 0 Å². The minimum atomic E-state index is 0.0651. The fraction of sp³-hybridized carbons (Fsp3) is 0.417. The lowest BCUT2D eigenvalue weighted by Gasteiger charge is -2.17. The Morgan fingerprint density at radius 3 is 2.67 bits per heavy atom. The van der Waals surface area contributed by atoms with E-state index in [1.165, 1.54) is 0 Å². The van der Waals surface area contributed by atoms with Crippen LogP contribution in [0.4, 0.5) is 0 Å². The zero-order valence-electron chi connectivity index (χ0n) is 9.95.